The maximum Gasteiger partial charge on any atom is 0.188 e. The molecular weight excluding hydrogens is 427 g/mol. The highest BCUT2D eigenvalue weighted by molar-refractivity contribution is 5.76. The fourth-order valence-corrected chi connectivity index (χ4v) is 5.80. The van der Waals surface area contributed by atoms with Crippen LogP contribution in [0.25, 0.3) is 11.1 Å². The number of ether oxygens (including phenoxy) is 1. The van der Waals surface area contributed by atoms with Crippen molar-refractivity contribution in [1.29, 1.82) is 5.26 Å². The molecule has 172 valence electrons. The van der Waals surface area contributed by atoms with Gasteiger partial charge in [-0.3, -0.25) is 0 Å². The summed E-state index contributed by atoms with van der Waals surface area (Å²) in [5.41, 5.74) is 3.72. The van der Waals surface area contributed by atoms with Gasteiger partial charge in [-0.25, -0.2) is 14.4 Å². The molecule has 0 amide bonds. The molecule has 1 aliphatic heterocycles. The standard InChI is InChI=1S/C28H27FN4O/c29-21-6-8-25(24(14-21)22-7-3-19(15-30)13-23(22)20-4-5-20)34-26-16-31-18-32-27(26)33-12-11-28(17-33)9-1-2-10-28/h3,6-8,13-14,16,18,20H,1-2,4-5,9-12,17H2. The average molecular weight is 455 g/mol. The minimum atomic E-state index is -0.319. The van der Waals surface area contributed by atoms with Crippen LogP contribution in [-0.2, 0) is 0 Å². The van der Waals surface area contributed by atoms with Crippen LogP contribution in [-0.4, -0.2) is 23.1 Å². The Morgan fingerprint density at radius 2 is 1.88 bits per heavy atom. The molecule has 6 heteroatoms. The van der Waals surface area contributed by atoms with Crippen LogP contribution in [0.1, 0.15) is 62.0 Å². The van der Waals surface area contributed by atoms with Gasteiger partial charge >= 0.3 is 0 Å². The lowest BCUT2D eigenvalue weighted by molar-refractivity contribution is 0.340. The molecule has 0 radical (unpaired) electrons. The van der Waals surface area contributed by atoms with Crippen molar-refractivity contribution in [3.05, 3.63) is 65.9 Å². The summed E-state index contributed by atoms with van der Waals surface area (Å²) >= 11 is 0. The smallest absolute Gasteiger partial charge is 0.188 e. The lowest BCUT2D eigenvalue weighted by atomic mass is 9.86. The molecule has 0 atom stereocenters. The summed E-state index contributed by atoms with van der Waals surface area (Å²) < 4.78 is 20.8. The summed E-state index contributed by atoms with van der Waals surface area (Å²) in [6.45, 7) is 1.96. The third-order valence-electron chi connectivity index (χ3n) is 7.71. The van der Waals surface area contributed by atoms with Crippen molar-refractivity contribution in [3.8, 4) is 28.7 Å². The Balaban J connectivity index is 1.36. The van der Waals surface area contributed by atoms with E-state index in [0.717, 1.165) is 42.9 Å². The molecule has 6 rings (SSSR count). The van der Waals surface area contributed by atoms with Crippen LogP contribution in [0.4, 0.5) is 10.2 Å². The Hall–Kier alpha value is -3.46. The molecule has 5 nitrogen and oxygen atoms in total. The highest BCUT2D eigenvalue weighted by Crippen LogP contribution is 2.49. The van der Waals surface area contributed by atoms with E-state index in [1.807, 2.05) is 12.1 Å². The van der Waals surface area contributed by atoms with Crippen molar-refractivity contribution in [1.82, 2.24) is 9.97 Å². The lowest BCUT2D eigenvalue weighted by Crippen LogP contribution is -2.25. The van der Waals surface area contributed by atoms with Gasteiger partial charge < -0.3 is 9.64 Å². The number of nitrogens with zero attached hydrogens (tertiary/aromatic N) is 4. The number of hydrogen-bond donors (Lipinski definition) is 0. The first-order valence-corrected chi connectivity index (χ1v) is 12.2. The Morgan fingerprint density at radius 1 is 1.03 bits per heavy atom. The number of halogens is 1. The van der Waals surface area contributed by atoms with Crippen molar-refractivity contribution in [2.24, 2.45) is 5.41 Å². The van der Waals surface area contributed by atoms with Crippen molar-refractivity contribution in [2.45, 2.75) is 50.9 Å². The first kappa shape index (κ1) is 21.1. The highest BCUT2D eigenvalue weighted by Gasteiger charge is 2.41. The largest absolute Gasteiger partial charge is 0.451 e. The van der Waals surface area contributed by atoms with E-state index in [4.69, 9.17) is 4.74 Å². The lowest BCUT2D eigenvalue weighted by Gasteiger charge is -2.25. The van der Waals surface area contributed by atoms with Gasteiger partial charge in [-0.1, -0.05) is 18.9 Å². The molecule has 1 saturated heterocycles. The predicted molar refractivity (Wildman–Crippen MR) is 128 cm³/mol. The molecule has 1 spiro atoms. The van der Waals surface area contributed by atoms with Crippen LogP contribution >= 0.6 is 0 Å². The van der Waals surface area contributed by atoms with E-state index in [-0.39, 0.29) is 5.82 Å². The van der Waals surface area contributed by atoms with Gasteiger partial charge in [0.15, 0.2) is 11.6 Å². The first-order valence-electron chi connectivity index (χ1n) is 12.2. The van der Waals surface area contributed by atoms with Crippen LogP contribution in [0.3, 0.4) is 0 Å². The minimum Gasteiger partial charge on any atom is -0.451 e. The highest BCUT2D eigenvalue weighted by atomic mass is 19.1. The molecule has 2 aliphatic carbocycles. The molecule has 2 saturated carbocycles. The van der Waals surface area contributed by atoms with Crippen molar-refractivity contribution in [3.63, 3.8) is 0 Å². The molecular formula is C28H27FN4O. The third-order valence-corrected chi connectivity index (χ3v) is 7.71. The molecule has 0 N–H and O–H groups in total. The molecule has 0 bridgehead atoms. The van der Waals surface area contributed by atoms with Gasteiger partial charge in [0.25, 0.3) is 0 Å². The van der Waals surface area contributed by atoms with E-state index in [0.29, 0.717) is 34.0 Å². The molecule has 3 fully saturated rings. The Kier molecular flexibility index (Phi) is 5.21. The van der Waals surface area contributed by atoms with Crippen molar-refractivity contribution >= 4 is 5.82 Å². The second-order valence-corrected chi connectivity index (χ2v) is 10.0. The molecule has 0 unspecified atom stereocenters. The normalized spacial score (nSPS) is 18.9. The van der Waals surface area contributed by atoms with Gasteiger partial charge in [0, 0.05) is 18.7 Å². The molecule has 1 aromatic heterocycles. The van der Waals surface area contributed by atoms with E-state index in [1.54, 1.807) is 24.7 Å². The summed E-state index contributed by atoms with van der Waals surface area (Å²) in [6.07, 6.45) is 11.8. The van der Waals surface area contributed by atoms with E-state index in [9.17, 15) is 9.65 Å². The van der Waals surface area contributed by atoms with Crippen molar-refractivity contribution < 1.29 is 9.13 Å². The number of benzene rings is 2. The summed E-state index contributed by atoms with van der Waals surface area (Å²) in [5.74, 6) is 2.05. The molecule has 2 aromatic carbocycles. The van der Waals surface area contributed by atoms with Crippen LogP contribution in [0.2, 0.25) is 0 Å². The van der Waals surface area contributed by atoms with Gasteiger partial charge in [-0.2, -0.15) is 5.26 Å². The molecule has 34 heavy (non-hydrogen) atoms. The number of aromatic nitrogens is 2. The maximum absolute atomic E-state index is 14.4. The van der Waals surface area contributed by atoms with Gasteiger partial charge in [0.2, 0.25) is 0 Å². The quantitative estimate of drug-likeness (QED) is 0.435. The first-order chi connectivity index (χ1) is 16.6. The summed E-state index contributed by atoms with van der Waals surface area (Å²) in [7, 11) is 0. The SMILES string of the molecule is N#Cc1ccc(-c2cc(F)ccc2Oc2cncnc2N2CCC3(CCCC3)C2)c(C2CC2)c1. The van der Waals surface area contributed by atoms with Crippen molar-refractivity contribution in [2.75, 3.05) is 18.0 Å². The van der Waals surface area contributed by atoms with E-state index in [1.165, 1.54) is 44.2 Å². The van der Waals surface area contributed by atoms with Gasteiger partial charge in [0.1, 0.15) is 17.9 Å². The minimum absolute atomic E-state index is 0.319. The van der Waals surface area contributed by atoms with Gasteiger partial charge in [-0.15, -0.1) is 0 Å². The van der Waals surface area contributed by atoms with Crippen LogP contribution in [0.5, 0.6) is 11.5 Å². The summed E-state index contributed by atoms with van der Waals surface area (Å²) in [4.78, 5) is 11.1. The molecule has 3 aromatic rings. The molecule has 2 heterocycles. The topological polar surface area (TPSA) is 62.0 Å². The van der Waals surface area contributed by atoms with Crippen LogP contribution < -0.4 is 9.64 Å². The summed E-state index contributed by atoms with van der Waals surface area (Å²) in [5, 5.41) is 9.38. The fraction of sp³-hybridized carbons (Fsp3) is 0.393. The van der Waals surface area contributed by atoms with Gasteiger partial charge in [0.05, 0.1) is 17.8 Å². The van der Waals surface area contributed by atoms with Gasteiger partial charge in [-0.05, 0) is 84.9 Å². The predicted octanol–water partition coefficient (Wildman–Crippen LogP) is 6.59. The maximum atomic E-state index is 14.4. The summed E-state index contributed by atoms with van der Waals surface area (Å²) in [6, 6.07) is 12.5. The second kappa shape index (κ2) is 8.39. The number of rotatable bonds is 5. The number of anilines is 1. The van der Waals surface area contributed by atoms with E-state index in [2.05, 4.69) is 20.9 Å². The van der Waals surface area contributed by atoms with Crippen LogP contribution in [0, 0.1) is 22.6 Å². The molecule has 3 aliphatic rings. The van der Waals surface area contributed by atoms with Crippen LogP contribution in [0.15, 0.2) is 48.9 Å². The monoisotopic (exact) mass is 454 g/mol. The third kappa shape index (κ3) is 3.90. The second-order valence-electron chi connectivity index (χ2n) is 10.0. The zero-order chi connectivity index (χ0) is 23.1. The number of nitriles is 1. The number of hydrogen-bond acceptors (Lipinski definition) is 5. The zero-order valence-electron chi connectivity index (χ0n) is 19.1. The zero-order valence-corrected chi connectivity index (χ0v) is 19.1. The van der Waals surface area contributed by atoms with E-state index < -0.39 is 0 Å². The fourth-order valence-electron chi connectivity index (χ4n) is 5.80. The average Bonchev–Trinajstić information content (AvgIpc) is 3.48. The van der Waals surface area contributed by atoms with E-state index >= 15 is 0 Å². The Labute approximate surface area is 199 Å². The Bertz CT molecular complexity index is 1270. The Morgan fingerprint density at radius 3 is 2.68 bits per heavy atom.